The van der Waals surface area contributed by atoms with Gasteiger partial charge >= 0.3 is 0 Å². The van der Waals surface area contributed by atoms with E-state index in [0.29, 0.717) is 38.9 Å². The molecule has 9 heteroatoms. The third-order valence-electron chi connectivity index (χ3n) is 4.42. The van der Waals surface area contributed by atoms with E-state index in [4.69, 9.17) is 47.8 Å². The average Bonchev–Trinajstić information content (AvgIpc) is 2.78. The topological polar surface area (TPSA) is 199 Å². The molecule has 0 aliphatic carbocycles. The van der Waals surface area contributed by atoms with Crippen LogP contribution in [0, 0.1) is 0 Å². The summed E-state index contributed by atoms with van der Waals surface area (Å²) in [5, 5.41) is 53.9. The van der Waals surface area contributed by atoms with Crippen LogP contribution in [0.1, 0.15) is 16.7 Å². The largest absolute Gasteiger partial charge is 0.504 e. The number of phenols is 6. The highest BCUT2D eigenvalue weighted by atomic mass is 16.3. The Kier molecular flexibility index (Phi) is 12.0. The monoisotopic (exact) mass is 459 g/mol. The minimum absolute atomic E-state index is 0.0871. The summed E-state index contributed by atoms with van der Waals surface area (Å²) < 4.78 is 0. The van der Waals surface area contributed by atoms with Crippen molar-refractivity contribution in [2.75, 3.05) is 19.6 Å². The van der Waals surface area contributed by atoms with Gasteiger partial charge < -0.3 is 47.8 Å². The van der Waals surface area contributed by atoms with Gasteiger partial charge in [0.1, 0.15) is 0 Å². The van der Waals surface area contributed by atoms with Crippen LogP contribution in [0.25, 0.3) is 0 Å². The van der Waals surface area contributed by atoms with Gasteiger partial charge in [0.2, 0.25) is 0 Å². The minimum atomic E-state index is -0.0919. The molecule has 0 unspecified atom stereocenters. The smallest absolute Gasteiger partial charge is 0.157 e. The van der Waals surface area contributed by atoms with Crippen molar-refractivity contribution in [3.05, 3.63) is 71.3 Å². The summed E-state index contributed by atoms with van der Waals surface area (Å²) >= 11 is 0. The van der Waals surface area contributed by atoms with E-state index in [1.807, 2.05) is 0 Å². The van der Waals surface area contributed by atoms with Crippen molar-refractivity contribution in [1.29, 1.82) is 0 Å². The summed E-state index contributed by atoms with van der Waals surface area (Å²) in [5.74, 6) is -0.537. The predicted octanol–water partition coefficient (Wildman–Crippen LogP) is 1.80. The lowest BCUT2D eigenvalue weighted by molar-refractivity contribution is 0.403. The molecule has 3 aromatic carbocycles. The van der Waals surface area contributed by atoms with E-state index in [9.17, 15) is 0 Å². The van der Waals surface area contributed by atoms with Crippen molar-refractivity contribution in [2.45, 2.75) is 19.3 Å². The van der Waals surface area contributed by atoms with Gasteiger partial charge in [0.05, 0.1) is 0 Å². The molecule has 3 aromatic rings. The fourth-order valence-corrected chi connectivity index (χ4v) is 2.67. The Morgan fingerprint density at radius 2 is 0.636 bits per heavy atom. The lowest BCUT2D eigenvalue weighted by Crippen LogP contribution is -2.02. The third-order valence-corrected chi connectivity index (χ3v) is 4.42. The maximum atomic E-state index is 9.04. The maximum absolute atomic E-state index is 9.04. The number of rotatable bonds is 6. The Balaban J connectivity index is 0.000000247. The molecule has 0 amide bonds. The molecule has 0 saturated carbocycles. The molecule has 3 rings (SSSR count). The fourth-order valence-electron chi connectivity index (χ4n) is 2.67. The highest BCUT2D eigenvalue weighted by Crippen LogP contribution is 2.26. The van der Waals surface area contributed by atoms with Gasteiger partial charge in [-0.15, -0.1) is 0 Å². The molecule has 12 N–H and O–H groups in total. The summed E-state index contributed by atoms with van der Waals surface area (Å²) in [6, 6.07) is 14.1. The van der Waals surface area contributed by atoms with E-state index >= 15 is 0 Å². The maximum Gasteiger partial charge on any atom is 0.157 e. The number of hydrogen-bond acceptors (Lipinski definition) is 9. The quantitative estimate of drug-likeness (QED) is 0.246. The van der Waals surface area contributed by atoms with Gasteiger partial charge in [0.25, 0.3) is 0 Å². The molecular formula is C24H33N3O6. The molecule has 0 heterocycles. The molecule has 0 fully saturated rings. The lowest BCUT2D eigenvalue weighted by Gasteiger charge is -2.00. The molecule has 0 aliphatic rings. The van der Waals surface area contributed by atoms with Gasteiger partial charge in [-0.3, -0.25) is 0 Å². The lowest BCUT2D eigenvalue weighted by atomic mass is 10.1. The Bertz CT molecular complexity index is 871. The highest BCUT2D eigenvalue weighted by Gasteiger charge is 2.00. The first-order valence-electron chi connectivity index (χ1n) is 10.3. The molecule has 0 radical (unpaired) electrons. The van der Waals surface area contributed by atoms with Crippen LogP contribution in [0.2, 0.25) is 0 Å². The van der Waals surface area contributed by atoms with Gasteiger partial charge in [0.15, 0.2) is 34.5 Å². The third kappa shape index (κ3) is 10.0. The molecule has 0 bridgehead atoms. The number of hydrogen-bond donors (Lipinski definition) is 9. The van der Waals surface area contributed by atoms with Crippen molar-refractivity contribution in [3.63, 3.8) is 0 Å². The van der Waals surface area contributed by atoms with E-state index in [1.54, 1.807) is 18.2 Å². The second kappa shape index (κ2) is 14.4. The van der Waals surface area contributed by atoms with Crippen molar-refractivity contribution in [2.24, 2.45) is 17.2 Å². The SMILES string of the molecule is NCCc1ccc(O)c(O)c1.NCCc1ccc(O)c(O)c1.NCCc1ccc(O)c(O)c1. The number of nitrogens with two attached hydrogens (primary N) is 3. The van der Waals surface area contributed by atoms with Crippen molar-refractivity contribution in [1.82, 2.24) is 0 Å². The number of benzene rings is 3. The van der Waals surface area contributed by atoms with Crippen molar-refractivity contribution in [3.8, 4) is 34.5 Å². The molecule has 0 aromatic heterocycles. The second-order valence-corrected chi connectivity index (χ2v) is 7.09. The highest BCUT2D eigenvalue weighted by molar-refractivity contribution is 5.42. The summed E-state index contributed by atoms with van der Waals surface area (Å²) in [6.45, 7) is 1.64. The van der Waals surface area contributed by atoms with Crippen LogP contribution in [-0.2, 0) is 19.3 Å². The molecule has 0 saturated heterocycles. The van der Waals surface area contributed by atoms with Crippen molar-refractivity contribution >= 4 is 0 Å². The second-order valence-electron chi connectivity index (χ2n) is 7.09. The van der Waals surface area contributed by atoms with Crippen LogP contribution in [0.4, 0.5) is 0 Å². The zero-order chi connectivity index (χ0) is 24.8. The van der Waals surface area contributed by atoms with Crippen LogP contribution in [-0.4, -0.2) is 50.3 Å². The van der Waals surface area contributed by atoms with E-state index in [1.165, 1.54) is 36.4 Å². The number of aromatic hydroxyl groups is 6. The molecule has 180 valence electrons. The fraction of sp³-hybridized carbons (Fsp3) is 0.250. The molecule has 0 atom stereocenters. The molecule has 9 nitrogen and oxygen atoms in total. The van der Waals surface area contributed by atoms with Gasteiger partial charge in [-0.2, -0.15) is 0 Å². The first-order valence-corrected chi connectivity index (χ1v) is 10.3. The van der Waals surface area contributed by atoms with E-state index < -0.39 is 0 Å². The first kappa shape index (κ1) is 27.4. The van der Waals surface area contributed by atoms with E-state index in [2.05, 4.69) is 0 Å². The molecule has 0 aliphatic heterocycles. The Morgan fingerprint density at radius 1 is 0.394 bits per heavy atom. The minimum Gasteiger partial charge on any atom is -0.504 e. The standard InChI is InChI=1S/3C8H11NO2/c3*9-4-3-6-1-2-7(10)8(11)5-6/h3*1-2,5,10-11H,3-4,9H2. The van der Waals surface area contributed by atoms with Gasteiger partial charge in [0, 0.05) is 0 Å². The first-order chi connectivity index (χ1) is 15.7. The van der Waals surface area contributed by atoms with Crippen LogP contribution in [0.3, 0.4) is 0 Å². The molecule has 33 heavy (non-hydrogen) atoms. The number of phenolic OH excluding ortho intramolecular Hbond substituents is 6. The molecular weight excluding hydrogens is 426 g/mol. The van der Waals surface area contributed by atoms with Gasteiger partial charge in [-0.1, -0.05) is 18.2 Å². The summed E-state index contributed by atoms with van der Waals surface area (Å²) in [4.78, 5) is 0. The summed E-state index contributed by atoms with van der Waals surface area (Å²) in [5.41, 5.74) is 18.7. The zero-order valence-corrected chi connectivity index (χ0v) is 18.4. The van der Waals surface area contributed by atoms with Crippen LogP contribution in [0.15, 0.2) is 54.6 Å². The Morgan fingerprint density at radius 3 is 0.818 bits per heavy atom. The van der Waals surface area contributed by atoms with Crippen LogP contribution >= 0.6 is 0 Å². The Hall–Kier alpha value is -3.66. The van der Waals surface area contributed by atoms with Crippen LogP contribution < -0.4 is 17.2 Å². The van der Waals surface area contributed by atoms with E-state index in [0.717, 1.165) is 16.7 Å². The van der Waals surface area contributed by atoms with Gasteiger partial charge in [-0.05, 0) is 92.0 Å². The molecule has 0 spiro atoms. The summed E-state index contributed by atoms with van der Waals surface area (Å²) in [7, 11) is 0. The predicted molar refractivity (Wildman–Crippen MR) is 128 cm³/mol. The zero-order valence-electron chi connectivity index (χ0n) is 18.4. The summed E-state index contributed by atoms with van der Waals surface area (Å²) in [6.07, 6.45) is 2.15. The van der Waals surface area contributed by atoms with Crippen LogP contribution in [0.5, 0.6) is 34.5 Å². The van der Waals surface area contributed by atoms with Gasteiger partial charge in [-0.25, -0.2) is 0 Å². The normalized spacial score (nSPS) is 9.91. The van der Waals surface area contributed by atoms with Crippen molar-refractivity contribution < 1.29 is 30.6 Å². The average molecular weight is 460 g/mol. The Labute approximate surface area is 193 Å². The van der Waals surface area contributed by atoms with E-state index in [-0.39, 0.29) is 34.5 Å².